The standard InChI is InChI=1S/C14H21N3O/c1-4-12-6-10(7-13(15)16-12)14(18)17(3)8-11-5-9(11)2/h6-7,9,11H,4-5,8H2,1-3H3,(H2,15,16). The molecule has 98 valence electrons. The fraction of sp³-hybridized carbons (Fsp3) is 0.571. The lowest BCUT2D eigenvalue weighted by Gasteiger charge is -2.17. The van der Waals surface area contributed by atoms with Gasteiger partial charge >= 0.3 is 0 Å². The molecule has 0 spiro atoms. The van der Waals surface area contributed by atoms with E-state index in [4.69, 9.17) is 5.73 Å². The van der Waals surface area contributed by atoms with E-state index in [1.165, 1.54) is 6.42 Å². The van der Waals surface area contributed by atoms with Crippen molar-refractivity contribution in [2.75, 3.05) is 19.3 Å². The van der Waals surface area contributed by atoms with E-state index in [1.54, 1.807) is 11.0 Å². The number of nitrogen functional groups attached to an aromatic ring is 1. The van der Waals surface area contributed by atoms with Gasteiger partial charge in [0.25, 0.3) is 5.91 Å². The minimum absolute atomic E-state index is 0.0397. The van der Waals surface area contributed by atoms with Crippen molar-refractivity contribution in [1.29, 1.82) is 0 Å². The number of anilines is 1. The second-order valence-corrected chi connectivity index (χ2v) is 5.28. The molecule has 2 atom stereocenters. The van der Waals surface area contributed by atoms with Gasteiger partial charge in [0, 0.05) is 24.8 Å². The Bertz CT molecular complexity index is 458. The molecule has 0 bridgehead atoms. The molecule has 1 aliphatic carbocycles. The second kappa shape index (κ2) is 4.96. The van der Waals surface area contributed by atoms with Crippen molar-refractivity contribution in [3.8, 4) is 0 Å². The molecule has 0 aromatic carbocycles. The summed E-state index contributed by atoms with van der Waals surface area (Å²) in [5, 5.41) is 0. The smallest absolute Gasteiger partial charge is 0.253 e. The molecule has 18 heavy (non-hydrogen) atoms. The number of pyridine rings is 1. The Morgan fingerprint density at radius 2 is 2.22 bits per heavy atom. The number of hydrogen-bond donors (Lipinski definition) is 1. The maximum absolute atomic E-state index is 12.3. The van der Waals surface area contributed by atoms with Crippen LogP contribution in [0.3, 0.4) is 0 Å². The number of aryl methyl sites for hydroxylation is 1. The number of rotatable bonds is 4. The molecular weight excluding hydrogens is 226 g/mol. The van der Waals surface area contributed by atoms with E-state index in [-0.39, 0.29) is 5.91 Å². The third kappa shape index (κ3) is 2.81. The molecule has 4 heteroatoms. The molecule has 0 radical (unpaired) electrons. The summed E-state index contributed by atoms with van der Waals surface area (Å²) in [5.74, 6) is 1.89. The molecular formula is C14H21N3O. The van der Waals surface area contributed by atoms with E-state index in [1.807, 2.05) is 20.0 Å². The second-order valence-electron chi connectivity index (χ2n) is 5.28. The first-order valence-electron chi connectivity index (χ1n) is 6.53. The van der Waals surface area contributed by atoms with Crippen molar-refractivity contribution in [2.45, 2.75) is 26.7 Å². The van der Waals surface area contributed by atoms with Crippen LogP contribution in [-0.4, -0.2) is 29.4 Å². The van der Waals surface area contributed by atoms with Gasteiger partial charge in [-0.15, -0.1) is 0 Å². The predicted molar refractivity (Wildman–Crippen MR) is 72.3 cm³/mol. The topological polar surface area (TPSA) is 59.2 Å². The molecule has 1 aliphatic rings. The summed E-state index contributed by atoms with van der Waals surface area (Å²) in [6.07, 6.45) is 2.02. The molecule has 1 heterocycles. The molecule has 2 N–H and O–H groups in total. The lowest BCUT2D eigenvalue weighted by atomic mass is 10.1. The van der Waals surface area contributed by atoms with Crippen LogP contribution >= 0.6 is 0 Å². The van der Waals surface area contributed by atoms with Gasteiger partial charge in [0.2, 0.25) is 0 Å². The molecule has 1 saturated carbocycles. The highest BCUT2D eigenvalue weighted by Crippen LogP contribution is 2.38. The number of carbonyl (C=O) groups excluding carboxylic acids is 1. The SMILES string of the molecule is CCc1cc(C(=O)N(C)CC2CC2C)cc(N)n1. The molecule has 1 fully saturated rings. The van der Waals surface area contributed by atoms with Crippen LogP contribution in [0.2, 0.25) is 0 Å². The predicted octanol–water partition coefficient (Wildman–Crippen LogP) is 1.95. The highest BCUT2D eigenvalue weighted by molar-refractivity contribution is 5.94. The first kappa shape index (κ1) is 12.9. The Labute approximate surface area is 108 Å². The minimum atomic E-state index is 0.0397. The third-order valence-electron chi connectivity index (χ3n) is 3.64. The van der Waals surface area contributed by atoms with Crippen LogP contribution in [0.25, 0.3) is 0 Å². The first-order chi connectivity index (χ1) is 8.51. The van der Waals surface area contributed by atoms with Crippen LogP contribution in [0.1, 0.15) is 36.3 Å². The van der Waals surface area contributed by atoms with Crippen molar-refractivity contribution in [2.24, 2.45) is 11.8 Å². The fourth-order valence-corrected chi connectivity index (χ4v) is 2.22. The number of amides is 1. The molecule has 1 aromatic rings. The first-order valence-corrected chi connectivity index (χ1v) is 6.53. The molecule has 1 amide bonds. The summed E-state index contributed by atoms with van der Waals surface area (Å²) in [7, 11) is 1.86. The summed E-state index contributed by atoms with van der Waals surface area (Å²) in [5.41, 5.74) is 7.24. The quantitative estimate of drug-likeness (QED) is 0.884. The van der Waals surface area contributed by atoms with Crippen molar-refractivity contribution >= 4 is 11.7 Å². The Morgan fingerprint density at radius 3 is 2.78 bits per heavy atom. The summed E-state index contributed by atoms with van der Waals surface area (Å²) >= 11 is 0. The maximum Gasteiger partial charge on any atom is 0.253 e. The zero-order chi connectivity index (χ0) is 13.3. The van der Waals surface area contributed by atoms with Crippen molar-refractivity contribution in [3.63, 3.8) is 0 Å². The zero-order valence-electron chi connectivity index (χ0n) is 11.3. The Hall–Kier alpha value is -1.58. The normalized spacial score (nSPS) is 21.7. The van der Waals surface area contributed by atoms with E-state index in [9.17, 15) is 4.79 Å². The molecule has 0 saturated heterocycles. The van der Waals surface area contributed by atoms with Crippen molar-refractivity contribution < 1.29 is 4.79 Å². The number of nitrogens with zero attached hydrogens (tertiary/aromatic N) is 2. The van der Waals surface area contributed by atoms with Crippen molar-refractivity contribution in [3.05, 3.63) is 23.4 Å². The Balaban J connectivity index is 2.09. The minimum Gasteiger partial charge on any atom is -0.384 e. The van der Waals surface area contributed by atoms with Crippen LogP contribution in [0.15, 0.2) is 12.1 Å². The van der Waals surface area contributed by atoms with Gasteiger partial charge in [0.1, 0.15) is 5.82 Å². The van der Waals surface area contributed by atoms with Gasteiger partial charge in [-0.05, 0) is 36.8 Å². The van der Waals surface area contributed by atoms with Crippen LogP contribution in [0.5, 0.6) is 0 Å². The zero-order valence-corrected chi connectivity index (χ0v) is 11.3. The lowest BCUT2D eigenvalue weighted by Crippen LogP contribution is -2.29. The molecule has 2 unspecified atom stereocenters. The highest BCUT2D eigenvalue weighted by atomic mass is 16.2. The van der Waals surface area contributed by atoms with E-state index in [2.05, 4.69) is 11.9 Å². The van der Waals surface area contributed by atoms with Gasteiger partial charge in [0.15, 0.2) is 0 Å². The van der Waals surface area contributed by atoms with Gasteiger partial charge in [-0.1, -0.05) is 13.8 Å². The summed E-state index contributed by atoms with van der Waals surface area (Å²) in [6, 6.07) is 3.50. The maximum atomic E-state index is 12.3. The van der Waals surface area contributed by atoms with Crippen LogP contribution in [-0.2, 0) is 6.42 Å². The van der Waals surface area contributed by atoms with Crippen LogP contribution < -0.4 is 5.73 Å². The fourth-order valence-electron chi connectivity index (χ4n) is 2.22. The molecule has 4 nitrogen and oxygen atoms in total. The van der Waals surface area contributed by atoms with Crippen LogP contribution in [0.4, 0.5) is 5.82 Å². The van der Waals surface area contributed by atoms with Gasteiger partial charge in [-0.25, -0.2) is 4.98 Å². The molecule has 1 aromatic heterocycles. The van der Waals surface area contributed by atoms with Gasteiger partial charge in [0.05, 0.1) is 0 Å². The molecule has 2 rings (SSSR count). The van der Waals surface area contributed by atoms with Gasteiger partial charge < -0.3 is 10.6 Å². The summed E-state index contributed by atoms with van der Waals surface area (Å²) in [6.45, 7) is 5.07. The highest BCUT2D eigenvalue weighted by Gasteiger charge is 2.34. The lowest BCUT2D eigenvalue weighted by molar-refractivity contribution is 0.0787. The third-order valence-corrected chi connectivity index (χ3v) is 3.64. The molecule has 0 aliphatic heterocycles. The van der Waals surface area contributed by atoms with E-state index >= 15 is 0 Å². The largest absolute Gasteiger partial charge is 0.384 e. The number of aromatic nitrogens is 1. The Morgan fingerprint density at radius 1 is 1.56 bits per heavy atom. The average molecular weight is 247 g/mol. The van der Waals surface area contributed by atoms with E-state index < -0.39 is 0 Å². The van der Waals surface area contributed by atoms with E-state index in [0.717, 1.165) is 24.6 Å². The number of hydrogen-bond acceptors (Lipinski definition) is 3. The van der Waals surface area contributed by atoms with Crippen molar-refractivity contribution in [1.82, 2.24) is 9.88 Å². The van der Waals surface area contributed by atoms with Gasteiger partial charge in [-0.2, -0.15) is 0 Å². The van der Waals surface area contributed by atoms with Gasteiger partial charge in [-0.3, -0.25) is 4.79 Å². The monoisotopic (exact) mass is 247 g/mol. The Kier molecular flexibility index (Phi) is 3.55. The average Bonchev–Trinajstić information content (AvgIpc) is 3.02. The van der Waals surface area contributed by atoms with E-state index in [0.29, 0.717) is 17.3 Å². The number of nitrogens with two attached hydrogens (primary N) is 1. The van der Waals surface area contributed by atoms with Crippen LogP contribution in [0, 0.1) is 11.8 Å². The number of carbonyl (C=O) groups is 1. The summed E-state index contributed by atoms with van der Waals surface area (Å²) in [4.78, 5) is 18.3. The summed E-state index contributed by atoms with van der Waals surface area (Å²) < 4.78 is 0.